The Morgan fingerprint density at radius 2 is 2.15 bits per heavy atom. The van der Waals surface area contributed by atoms with Gasteiger partial charge in [-0.05, 0) is 51.3 Å². The highest BCUT2D eigenvalue weighted by Crippen LogP contribution is 2.25. The lowest BCUT2D eigenvalue weighted by atomic mass is 9.88. The third-order valence-corrected chi connectivity index (χ3v) is 4.50. The van der Waals surface area contributed by atoms with E-state index in [1.54, 1.807) is 0 Å². The lowest BCUT2D eigenvalue weighted by Gasteiger charge is -2.28. The van der Waals surface area contributed by atoms with Crippen molar-refractivity contribution in [2.24, 2.45) is 0 Å². The van der Waals surface area contributed by atoms with Gasteiger partial charge in [0.2, 0.25) is 5.91 Å². The predicted octanol–water partition coefficient (Wildman–Crippen LogP) is 0.944. The van der Waals surface area contributed by atoms with Gasteiger partial charge in [-0.15, -0.1) is 0 Å². The summed E-state index contributed by atoms with van der Waals surface area (Å²) in [5, 5.41) is 6.75. The second kappa shape index (κ2) is 7.11. The van der Waals surface area contributed by atoms with E-state index in [0.29, 0.717) is 25.2 Å². The predicted molar refractivity (Wildman–Crippen MR) is 102 cm³/mol. The highest BCUT2D eigenvalue weighted by Gasteiger charge is 2.42. The van der Waals surface area contributed by atoms with E-state index in [4.69, 9.17) is 10.5 Å². The number of hydrogen-bond acceptors (Lipinski definition) is 7. The molecule has 1 aromatic carbocycles. The van der Waals surface area contributed by atoms with Crippen molar-refractivity contribution in [3.8, 4) is 0 Å². The molecule has 3 rings (SSSR count). The van der Waals surface area contributed by atoms with E-state index in [2.05, 4.69) is 20.6 Å². The van der Waals surface area contributed by atoms with Crippen LogP contribution in [0.3, 0.4) is 0 Å². The van der Waals surface area contributed by atoms with Crippen molar-refractivity contribution in [3.05, 3.63) is 30.1 Å². The molecule has 2 aromatic rings. The monoisotopic (exact) mass is 371 g/mol. The minimum Gasteiger partial charge on any atom is -0.459 e. The highest BCUT2D eigenvalue weighted by atomic mass is 16.6. The zero-order chi connectivity index (χ0) is 19.7. The molecule has 1 aromatic heterocycles. The van der Waals surface area contributed by atoms with Gasteiger partial charge in [0.05, 0.1) is 12.1 Å². The van der Waals surface area contributed by atoms with Crippen LogP contribution in [0.4, 0.5) is 5.82 Å². The summed E-state index contributed by atoms with van der Waals surface area (Å²) in [5.41, 5.74) is 6.09. The van der Waals surface area contributed by atoms with Crippen LogP contribution in [0.2, 0.25) is 0 Å². The molecule has 1 saturated heterocycles. The van der Waals surface area contributed by atoms with Crippen molar-refractivity contribution in [3.63, 3.8) is 0 Å². The first-order chi connectivity index (χ1) is 12.7. The van der Waals surface area contributed by atoms with Gasteiger partial charge in [0.25, 0.3) is 0 Å². The summed E-state index contributed by atoms with van der Waals surface area (Å²) in [6.45, 7) is 5.96. The van der Waals surface area contributed by atoms with Crippen molar-refractivity contribution < 1.29 is 14.3 Å². The number of hydrogen-bond donors (Lipinski definition) is 3. The molecule has 1 aliphatic rings. The van der Waals surface area contributed by atoms with Crippen LogP contribution in [-0.2, 0) is 20.7 Å². The van der Waals surface area contributed by atoms with Crippen LogP contribution in [0.5, 0.6) is 0 Å². The first-order valence-electron chi connectivity index (χ1n) is 8.93. The minimum absolute atomic E-state index is 0.0343. The van der Waals surface area contributed by atoms with E-state index in [9.17, 15) is 9.59 Å². The number of nitrogens with zero attached hydrogens (tertiary/aromatic N) is 2. The Morgan fingerprint density at radius 3 is 2.81 bits per heavy atom. The standard InChI is InChI=1S/C19H25N5O3/c1-18(2,3)27-15(25)10-24-19(6-7-21-17(19)26)9-12-4-5-13-14(8-12)22-11-23-16(13)20/h4-5,8,11,24H,6-7,9-10H2,1-3H3,(H,21,26)(H2,20,22,23)/t19-/m1/s1. The van der Waals surface area contributed by atoms with Crippen LogP contribution >= 0.6 is 0 Å². The molecular weight excluding hydrogens is 346 g/mol. The molecule has 0 aliphatic carbocycles. The molecule has 0 radical (unpaired) electrons. The van der Waals surface area contributed by atoms with Gasteiger partial charge in [-0.2, -0.15) is 0 Å². The molecule has 2 heterocycles. The SMILES string of the molecule is CC(C)(C)OC(=O)CN[C@@]1(Cc2ccc3c(N)ncnc3c2)CCNC1=O. The lowest BCUT2D eigenvalue weighted by molar-refractivity contribution is -0.154. The number of nitrogens with two attached hydrogens (primary N) is 1. The zero-order valence-electron chi connectivity index (χ0n) is 15.8. The fourth-order valence-corrected chi connectivity index (χ4v) is 3.27. The van der Waals surface area contributed by atoms with E-state index in [1.165, 1.54) is 6.33 Å². The van der Waals surface area contributed by atoms with Crippen molar-refractivity contribution in [2.75, 3.05) is 18.8 Å². The second-order valence-corrected chi connectivity index (χ2v) is 7.82. The molecule has 1 aliphatic heterocycles. The molecule has 144 valence electrons. The Hall–Kier alpha value is -2.74. The molecule has 8 nitrogen and oxygen atoms in total. The number of nitrogen functional groups attached to an aromatic ring is 1. The molecule has 8 heteroatoms. The number of aromatic nitrogens is 2. The summed E-state index contributed by atoms with van der Waals surface area (Å²) in [6, 6.07) is 5.66. The van der Waals surface area contributed by atoms with Gasteiger partial charge in [-0.3, -0.25) is 14.9 Å². The van der Waals surface area contributed by atoms with Gasteiger partial charge in [0.1, 0.15) is 23.3 Å². The van der Waals surface area contributed by atoms with Gasteiger partial charge < -0.3 is 15.8 Å². The lowest BCUT2D eigenvalue weighted by Crippen LogP contribution is -2.54. The maximum Gasteiger partial charge on any atom is 0.320 e. The van der Waals surface area contributed by atoms with E-state index in [1.807, 2.05) is 39.0 Å². The van der Waals surface area contributed by atoms with Crippen LogP contribution in [0, 0.1) is 0 Å². The minimum atomic E-state index is -0.858. The first kappa shape index (κ1) is 19.0. The fraction of sp³-hybridized carbons (Fsp3) is 0.474. The number of fused-ring (bicyclic) bond motifs is 1. The number of anilines is 1. The van der Waals surface area contributed by atoms with Crippen molar-refractivity contribution in [1.82, 2.24) is 20.6 Å². The number of rotatable bonds is 5. The normalized spacial score (nSPS) is 19.9. The quantitative estimate of drug-likeness (QED) is 0.669. The van der Waals surface area contributed by atoms with E-state index >= 15 is 0 Å². The Balaban J connectivity index is 1.79. The summed E-state index contributed by atoms with van der Waals surface area (Å²) in [5.74, 6) is -0.0862. The first-order valence-corrected chi connectivity index (χ1v) is 8.93. The van der Waals surface area contributed by atoms with Gasteiger partial charge in [0, 0.05) is 11.9 Å². The largest absolute Gasteiger partial charge is 0.459 e. The van der Waals surface area contributed by atoms with Crippen LogP contribution in [0.25, 0.3) is 10.9 Å². The number of nitrogens with one attached hydrogen (secondary N) is 2. The topological polar surface area (TPSA) is 119 Å². The van der Waals surface area contributed by atoms with Crippen molar-refractivity contribution >= 4 is 28.6 Å². The third kappa shape index (κ3) is 4.33. The van der Waals surface area contributed by atoms with Crippen LogP contribution in [0.1, 0.15) is 32.8 Å². The van der Waals surface area contributed by atoms with Gasteiger partial charge in [0.15, 0.2) is 0 Å². The van der Waals surface area contributed by atoms with Gasteiger partial charge in [-0.1, -0.05) is 6.07 Å². The molecular formula is C19H25N5O3. The smallest absolute Gasteiger partial charge is 0.320 e. The molecule has 4 N–H and O–H groups in total. The maximum atomic E-state index is 12.5. The molecule has 0 spiro atoms. The summed E-state index contributed by atoms with van der Waals surface area (Å²) in [6.07, 6.45) is 2.43. The van der Waals surface area contributed by atoms with Crippen molar-refractivity contribution in [1.29, 1.82) is 0 Å². The summed E-state index contributed by atoms with van der Waals surface area (Å²) >= 11 is 0. The molecule has 27 heavy (non-hydrogen) atoms. The molecule has 1 atom stereocenters. The average Bonchev–Trinajstić information content (AvgIpc) is 2.92. The van der Waals surface area contributed by atoms with Gasteiger partial charge >= 0.3 is 5.97 Å². The van der Waals surface area contributed by atoms with Gasteiger partial charge in [-0.25, -0.2) is 9.97 Å². The van der Waals surface area contributed by atoms with E-state index in [0.717, 1.165) is 16.5 Å². The molecule has 1 fully saturated rings. The number of amides is 1. The molecule has 1 amide bonds. The number of esters is 1. The van der Waals surface area contributed by atoms with E-state index < -0.39 is 11.1 Å². The summed E-state index contributed by atoms with van der Waals surface area (Å²) in [4.78, 5) is 32.9. The van der Waals surface area contributed by atoms with Crippen LogP contribution < -0.4 is 16.4 Å². The fourth-order valence-electron chi connectivity index (χ4n) is 3.27. The molecule has 0 unspecified atom stereocenters. The third-order valence-electron chi connectivity index (χ3n) is 4.50. The maximum absolute atomic E-state index is 12.5. The van der Waals surface area contributed by atoms with Crippen LogP contribution in [-0.4, -0.2) is 46.1 Å². The zero-order valence-corrected chi connectivity index (χ0v) is 15.8. The number of ether oxygens (including phenoxy) is 1. The van der Waals surface area contributed by atoms with E-state index in [-0.39, 0.29) is 18.4 Å². The number of carbonyl (C=O) groups excluding carboxylic acids is 2. The van der Waals surface area contributed by atoms with Crippen molar-refractivity contribution in [2.45, 2.75) is 44.8 Å². The Morgan fingerprint density at radius 1 is 1.37 bits per heavy atom. The Bertz CT molecular complexity index is 877. The number of benzene rings is 1. The average molecular weight is 371 g/mol. The summed E-state index contributed by atoms with van der Waals surface area (Å²) in [7, 11) is 0. The van der Waals surface area contributed by atoms with Crippen LogP contribution in [0.15, 0.2) is 24.5 Å². The highest BCUT2D eigenvalue weighted by molar-refractivity contribution is 5.91. The Kier molecular flexibility index (Phi) is 5.01. The summed E-state index contributed by atoms with van der Waals surface area (Å²) < 4.78 is 5.33. The Labute approximate surface area is 157 Å². The molecule has 0 saturated carbocycles. The second-order valence-electron chi connectivity index (χ2n) is 7.82. The number of carbonyl (C=O) groups is 2. The molecule has 0 bridgehead atoms.